The van der Waals surface area contributed by atoms with Crippen LogP contribution in [0.1, 0.15) is 5.56 Å². The van der Waals surface area contributed by atoms with Crippen LogP contribution in [0.15, 0.2) is 24.3 Å². The second-order valence-corrected chi connectivity index (χ2v) is 9.12. The second-order valence-electron chi connectivity index (χ2n) is 9.12. The van der Waals surface area contributed by atoms with Crippen LogP contribution in [0.25, 0.3) is 0 Å². The first-order chi connectivity index (χ1) is 17.0. The number of hydrogen-bond acceptors (Lipinski definition) is 7. The maximum atomic E-state index is 12.9. The number of carbonyl (C=O) groups excluding carboxylic acids is 3. The first-order valence-corrected chi connectivity index (χ1v) is 12.2. The molecule has 1 aromatic rings. The average molecular weight is 489 g/mol. The standard InChI is InChI=1S/C24H36N6O5/c1-34-21-5-3-20(4-6-21)17-25-7-9-26(10-8-25)22(31)18-28-11-12-29(24(28)33)19-23(32)27-13-15-30(35-2)16-14-27/h3-6H,7-19H2,1-2H3. The predicted molar refractivity (Wildman–Crippen MR) is 129 cm³/mol. The number of amides is 4. The molecule has 3 fully saturated rings. The van der Waals surface area contributed by atoms with E-state index in [9.17, 15) is 14.4 Å². The van der Waals surface area contributed by atoms with E-state index in [1.165, 1.54) is 5.56 Å². The summed E-state index contributed by atoms with van der Waals surface area (Å²) in [7, 11) is 3.28. The van der Waals surface area contributed by atoms with Gasteiger partial charge >= 0.3 is 6.03 Å². The van der Waals surface area contributed by atoms with Crippen LogP contribution in [-0.2, 0) is 21.0 Å². The fourth-order valence-electron chi connectivity index (χ4n) is 4.72. The molecular weight excluding hydrogens is 452 g/mol. The SMILES string of the molecule is COc1ccc(CN2CCN(C(=O)CN3CCN(CC(=O)N4CCN(OC)CC4)C3=O)CC2)cc1. The summed E-state index contributed by atoms with van der Waals surface area (Å²) in [5.41, 5.74) is 1.21. The number of piperazine rings is 2. The molecule has 35 heavy (non-hydrogen) atoms. The molecule has 0 atom stereocenters. The zero-order valence-electron chi connectivity index (χ0n) is 20.7. The molecule has 0 aromatic heterocycles. The quantitative estimate of drug-likeness (QED) is 0.500. The van der Waals surface area contributed by atoms with Gasteiger partial charge in [0.15, 0.2) is 0 Å². The van der Waals surface area contributed by atoms with Crippen molar-refractivity contribution in [2.75, 3.05) is 92.8 Å². The monoisotopic (exact) mass is 488 g/mol. The van der Waals surface area contributed by atoms with E-state index in [1.807, 2.05) is 22.1 Å². The molecule has 3 heterocycles. The molecule has 0 saturated carbocycles. The number of hydroxylamine groups is 2. The highest BCUT2D eigenvalue weighted by Gasteiger charge is 2.34. The highest BCUT2D eigenvalue weighted by molar-refractivity contribution is 5.88. The maximum absolute atomic E-state index is 12.9. The third-order valence-electron chi connectivity index (χ3n) is 6.97. The Bertz CT molecular complexity index is 881. The van der Waals surface area contributed by atoms with Crippen molar-refractivity contribution in [2.45, 2.75) is 6.54 Å². The molecule has 1 aromatic carbocycles. The third kappa shape index (κ3) is 6.41. The van der Waals surface area contributed by atoms with Crippen LogP contribution in [0.3, 0.4) is 0 Å². The summed E-state index contributed by atoms with van der Waals surface area (Å²) in [5, 5.41) is 1.82. The maximum Gasteiger partial charge on any atom is 0.321 e. The minimum absolute atomic E-state index is 0.0358. The van der Waals surface area contributed by atoms with Crippen LogP contribution >= 0.6 is 0 Å². The number of benzene rings is 1. The Hall–Kier alpha value is -2.89. The van der Waals surface area contributed by atoms with Gasteiger partial charge in [-0.1, -0.05) is 12.1 Å². The molecule has 11 nitrogen and oxygen atoms in total. The zero-order valence-corrected chi connectivity index (χ0v) is 20.7. The molecule has 0 spiro atoms. The summed E-state index contributed by atoms with van der Waals surface area (Å²) in [5.74, 6) is 0.745. The van der Waals surface area contributed by atoms with Gasteiger partial charge in [0.1, 0.15) is 18.8 Å². The van der Waals surface area contributed by atoms with Crippen molar-refractivity contribution >= 4 is 17.8 Å². The van der Waals surface area contributed by atoms with E-state index in [4.69, 9.17) is 9.57 Å². The van der Waals surface area contributed by atoms with Crippen LogP contribution < -0.4 is 4.74 Å². The smallest absolute Gasteiger partial charge is 0.321 e. The first kappa shape index (κ1) is 25.2. The lowest BCUT2D eigenvalue weighted by atomic mass is 10.2. The lowest BCUT2D eigenvalue weighted by Gasteiger charge is -2.35. The summed E-state index contributed by atoms with van der Waals surface area (Å²) in [6.07, 6.45) is 0. The van der Waals surface area contributed by atoms with Crippen LogP contribution in [0.4, 0.5) is 4.79 Å². The fourth-order valence-corrected chi connectivity index (χ4v) is 4.72. The van der Waals surface area contributed by atoms with Crippen molar-refractivity contribution in [1.82, 2.24) is 29.6 Å². The largest absolute Gasteiger partial charge is 0.497 e. The first-order valence-electron chi connectivity index (χ1n) is 12.2. The number of ether oxygens (including phenoxy) is 1. The summed E-state index contributed by atoms with van der Waals surface area (Å²) < 4.78 is 5.21. The van der Waals surface area contributed by atoms with Gasteiger partial charge in [0.05, 0.1) is 14.2 Å². The molecule has 4 rings (SSSR count). The number of rotatable bonds is 8. The Balaban J connectivity index is 1.18. The van der Waals surface area contributed by atoms with Crippen molar-refractivity contribution in [3.63, 3.8) is 0 Å². The minimum Gasteiger partial charge on any atom is -0.497 e. The van der Waals surface area contributed by atoms with Gasteiger partial charge in [0.25, 0.3) is 0 Å². The van der Waals surface area contributed by atoms with Gasteiger partial charge in [0, 0.05) is 72.0 Å². The number of hydrogen-bond donors (Lipinski definition) is 0. The molecule has 11 heteroatoms. The van der Waals surface area contributed by atoms with Crippen LogP contribution in [0.2, 0.25) is 0 Å². The summed E-state index contributed by atoms with van der Waals surface area (Å²) in [4.78, 5) is 52.5. The molecule has 0 unspecified atom stereocenters. The van der Waals surface area contributed by atoms with Gasteiger partial charge in [0.2, 0.25) is 11.8 Å². The Labute approximate surface area is 206 Å². The lowest BCUT2D eigenvalue weighted by Crippen LogP contribution is -2.52. The van der Waals surface area contributed by atoms with E-state index in [0.717, 1.165) is 25.4 Å². The van der Waals surface area contributed by atoms with E-state index in [1.54, 1.807) is 28.9 Å². The minimum atomic E-state index is -0.236. The van der Waals surface area contributed by atoms with Gasteiger partial charge < -0.3 is 29.2 Å². The molecule has 3 saturated heterocycles. The number of carbonyl (C=O) groups is 3. The molecule has 0 radical (unpaired) electrons. The Kier molecular flexibility index (Phi) is 8.42. The average Bonchev–Trinajstić information content (AvgIpc) is 3.23. The van der Waals surface area contributed by atoms with E-state index in [-0.39, 0.29) is 30.9 Å². The van der Waals surface area contributed by atoms with E-state index < -0.39 is 0 Å². The topological polar surface area (TPSA) is 89.1 Å². The van der Waals surface area contributed by atoms with Crippen molar-refractivity contribution in [1.29, 1.82) is 0 Å². The summed E-state index contributed by atoms with van der Waals surface area (Å²) >= 11 is 0. The Morgan fingerprint density at radius 3 is 1.74 bits per heavy atom. The lowest BCUT2D eigenvalue weighted by molar-refractivity contribution is -0.161. The molecule has 3 aliphatic rings. The predicted octanol–water partition coefficient (Wildman–Crippen LogP) is -0.217. The molecule has 0 aliphatic carbocycles. The van der Waals surface area contributed by atoms with Crippen molar-refractivity contribution in [2.24, 2.45) is 0 Å². The normalized spacial score (nSPS) is 20.0. The molecule has 192 valence electrons. The molecule has 0 N–H and O–H groups in total. The molecule has 3 aliphatic heterocycles. The zero-order chi connectivity index (χ0) is 24.8. The van der Waals surface area contributed by atoms with E-state index in [0.29, 0.717) is 52.4 Å². The molecule has 0 bridgehead atoms. The fraction of sp³-hybridized carbons (Fsp3) is 0.625. The highest BCUT2D eigenvalue weighted by atomic mass is 16.7. The molecular formula is C24H36N6O5. The van der Waals surface area contributed by atoms with Gasteiger partial charge in [-0.2, -0.15) is 5.06 Å². The van der Waals surface area contributed by atoms with Crippen LogP contribution in [0.5, 0.6) is 5.75 Å². The van der Waals surface area contributed by atoms with Crippen molar-refractivity contribution < 1.29 is 24.0 Å². The van der Waals surface area contributed by atoms with Gasteiger partial charge in [-0.15, -0.1) is 0 Å². The van der Waals surface area contributed by atoms with Gasteiger partial charge in [-0.3, -0.25) is 14.5 Å². The van der Waals surface area contributed by atoms with E-state index in [2.05, 4.69) is 17.0 Å². The third-order valence-corrected chi connectivity index (χ3v) is 6.97. The van der Waals surface area contributed by atoms with Gasteiger partial charge in [-0.05, 0) is 17.7 Å². The van der Waals surface area contributed by atoms with Gasteiger partial charge in [-0.25, -0.2) is 4.79 Å². The van der Waals surface area contributed by atoms with E-state index >= 15 is 0 Å². The highest BCUT2D eigenvalue weighted by Crippen LogP contribution is 2.15. The number of urea groups is 1. The van der Waals surface area contributed by atoms with Crippen molar-refractivity contribution in [3.05, 3.63) is 29.8 Å². The summed E-state index contributed by atoms with van der Waals surface area (Å²) in [6, 6.07) is 7.80. The number of methoxy groups -OCH3 is 1. The second kappa shape index (κ2) is 11.7. The molecule has 4 amide bonds. The van der Waals surface area contributed by atoms with Crippen LogP contribution in [0, 0.1) is 0 Å². The van der Waals surface area contributed by atoms with Crippen molar-refractivity contribution in [3.8, 4) is 5.75 Å². The summed E-state index contributed by atoms with van der Waals surface area (Å²) in [6.45, 7) is 7.25. The Morgan fingerprint density at radius 1 is 0.743 bits per heavy atom. The van der Waals surface area contributed by atoms with Crippen LogP contribution in [-0.4, -0.2) is 140 Å². The number of nitrogens with zero attached hydrogens (tertiary/aromatic N) is 6. The Morgan fingerprint density at radius 2 is 1.26 bits per heavy atom.